The second-order valence-electron chi connectivity index (χ2n) is 4.95. The Morgan fingerprint density at radius 2 is 1.94 bits per heavy atom. The van der Waals surface area contributed by atoms with Gasteiger partial charge in [-0.05, 0) is 25.8 Å². The summed E-state index contributed by atoms with van der Waals surface area (Å²) in [5.41, 5.74) is 6.18. The summed E-state index contributed by atoms with van der Waals surface area (Å²) in [6, 6.07) is 10.2. The van der Waals surface area contributed by atoms with Gasteiger partial charge in [0, 0.05) is 12.5 Å². The number of carbonyl (C=O) groups excluding carboxylic acids is 1. The molecule has 0 aliphatic heterocycles. The lowest BCUT2D eigenvalue weighted by atomic mass is 9.96. The number of rotatable bonds is 5. The van der Waals surface area contributed by atoms with Crippen molar-refractivity contribution in [1.29, 1.82) is 0 Å². The molecule has 3 heteroatoms. The smallest absolute Gasteiger partial charge is 0.239 e. The van der Waals surface area contributed by atoms with Gasteiger partial charge in [0.1, 0.15) is 0 Å². The Hall–Kier alpha value is -1.35. The summed E-state index contributed by atoms with van der Waals surface area (Å²) in [7, 11) is 0. The largest absolute Gasteiger partial charge is 0.354 e. The Kier molecular flexibility index (Phi) is 4.70. The van der Waals surface area contributed by atoms with E-state index in [0.717, 1.165) is 6.42 Å². The third kappa shape index (κ3) is 4.19. The van der Waals surface area contributed by atoms with Crippen LogP contribution >= 0.6 is 0 Å². The van der Waals surface area contributed by atoms with Crippen LogP contribution < -0.4 is 11.1 Å². The molecule has 0 spiro atoms. The van der Waals surface area contributed by atoms with E-state index in [1.807, 2.05) is 18.2 Å². The van der Waals surface area contributed by atoms with Crippen molar-refractivity contribution in [2.75, 3.05) is 6.54 Å². The van der Waals surface area contributed by atoms with Gasteiger partial charge in [-0.15, -0.1) is 0 Å². The van der Waals surface area contributed by atoms with Crippen molar-refractivity contribution < 1.29 is 4.79 Å². The van der Waals surface area contributed by atoms with Crippen LogP contribution in [0, 0.1) is 0 Å². The number of nitrogens with two attached hydrogens (primary N) is 1. The van der Waals surface area contributed by atoms with Crippen molar-refractivity contribution in [3.63, 3.8) is 0 Å². The van der Waals surface area contributed by atoms with E-state index < -0.39 is 5.54 Å². The molecule has 1 rings (SSSR count). The van der Waals surface area contributed by atoms with Crippen LogP contribution in [0.3, 0.4) is 0 Å². The fraction of sp³-hybridized carbons (Fsp3) is 0.500. The second-order valence-corrected chi connectivity index (χ2v) is 4.95. The molecular weight excluding hydrogens is 212 g/mol. The molecule has 1 aromatic rings. The maximum atomic E-state index is 11.7. The zero-order valence-electron chi connectivity index (χ0n) is 10.9. The first-order chi connectivity index (χ1) is 7.95. The van der Waals surface area contributed by atoms with Crippen LogP contribution in [0.25, 0.3) is 0 Å². The van der Waals surface area contributed by atoms with E-state index in [1.165, 1.54) is 5.56 Å². The van der Waals surface area contributed by atoms with E-state index >= 15 is 0 Å². The van der Waals surface area contributed by atoms with Gasteiger partial charge < -0.3 is 11.1 Å². The zero-order chi connectivity index (χ0) is 12.9. The monoisotopic (exact) mass is 234 g/mol. The minimum absolute atomic E-state index is 0.105. The average molecular weight is 234 g/mol. The Morgan fingerprint density at radius 3 is 2.41 bits per heavy atom. The first-order valence-electron chi connectivity index (χ1n) is 6.07. The summed E-state index contributed by atoms with van der Waals surface area (Å²) in [6.45, 7) is 6.19. The SMILES string of the molecule is CCC(CNC(=O)C(C)(C)N)c1ccccc1. The molecule has 0 heterocycles. The molecule has 1 aromatic carbocycles. The molecule has 0 saturated heterocycles. The topological polar surface area (TPSA) is 55.1 Å². The maximum absolute atomic E-state index is 11.7. The molecule has 0 bridgehead atoms. The number of hydrogen-bond donors (Lipinski definition) is 2. The van der Waals surface area contributed by atoms with Crippen LogP contribution in [-0.4, -0.2) is 18.0 Å². The summed E-state index contributed by atoms with van der Waals surface area (Å²) in [4.78, 5) is 11.7. The predicted octanol–water partition coefficient (Wildman–Crippen LogP) is 2.03. The lowest BCUT2D eigenvalue weighted by Gasteiger charge is -2.21. The summed E-state index contributed by atoms with van der Waals surface area (Å²) in [5.74, 6) is 0.245. The summed E-state index contributed by atoms with van der Waals surface area (Å²) in [6.07, 6.45) is 0.995. The number of amides is 1. The highest BCUT2D eigenvalue weighted by atomic mass is 16.2. The van der Waals surface area contributed by atoms with Gasteiger partial charge in [0.05, 0.1) is 5.54 Å². The van der Waals surface area contributed by atoms with Crippen molar-refractivity contribution in [1.82, 2.24) is 5.32 Å². The van der Waals surface area contributed by atoms with Crippen molar-refractivity contribution in [3.8, 4) is 0 Å². The average Bonchev–Trinajstić information content (AvgIpc) is 2.29. The molecule has 17 heavy (non-hydrogen) atoms. The Balaban J connectivity index is 2.58. The first kappa shape index (κ1) is 13.7. The van der Waals surface area contributed by atoms with Crippen LogP contribution in [0.2, 0.25) is 0 Å². The fourth-order valence-electron chi connectivity index (χ4n) is 1.67. The van der Waals surface area contributed by atoms with E-state index in [-0.39, 0.29) is 5.91 Å². The van der Waals surface area contributed by atoms with Gasteiger partial charge in [-0.2, -0.15) is 0 Å². The van der Waals surface area contributed by atoms with Crippen LogP contribution in [0.1, 0.15) is 38.7 Å². The molecule has 0 aromatic heterocycles. The van der Waals surface area contributed by atoms with Crippen LogP contribution in [0.4, 0.5) is 0 Å². The Morgan fingerprint density at radius 1 is 1.35 bits per heavy atom. The summed E-state index contributed by atoms with van der Waals surface area (Å²) < 4.78 is 0. The van der Waals surface area contributed by atoms with Crippen molar-refractivity contribution in [2.45, 2.75) is 38.6 Å². The Bertz CT molecular complexity index is 354. The molecule has 94 valence electrons. The van der Waals surface area contributed by atoms with Gasteiger partial charge in [0.25, 0.3) is 0 Å². The van der Waals surface area contributed by atoms with Gasteiger partial charge >= 0.3 is 0 Å². The van der Waals surface area contributed by atoms with Crippen LogP contribution in [0.5, 0.6) is 0 Å². The van der Waals surface area contributed by atoms with Crippen molar-refractivity contribution >= 4 is 5.91 Å². The van der Waals surface area contributed by atoms with Gasteiger partial charge in [0.2, 0.25) is 5.91 Å². The van der Waals surface area contributed by atoms with Crippen LogP contribution in [0.15, 0.2) is 30.3 Å². The highest BCUT2D eigenvalue weighted by Crippen LogP contribution is 2.18. The minimum Gasteiger partial charge on any atom is -0.354 e. The lowest BCUT2D eigenvalue weighted by Crippen LogP contribution is -2.49. The highest BCUT2D eigenvalue weighted by Gasteiger charge is 2.22. The molecular formula is C14H22N2O. The number of hydrogen-bond acceptors (Lipinski definition) is 2. The minimum atomic E-state index is -0.811. The quantitative estimate of drug-likeness (QED) is 0.819. The molecule has 1 unspecified atom stereocenters. The molecule has 0 aliphatic rings. The van der Waals surface area contributed by atoms with Crippen LogP contribution in [-0.2, 0) is 4.79 Å². The molecule has 0 aliphatic carbocycles. The predicted molar refractivity (Wildman–Crippen MR) is 70.8 cm³/mol. The third-order valence-electron chi connectivity index (χ3n) is 2.86. The molecule has 3 N–H and O–H groups in total. The van der Waals surface area contributed by atoms with E-state index in [9.17, 15) is 4.79 Å². The van der Waals surface area contributed by atoms with E-state index in [4.69, 9.17) is 5.73 Å². The molecule has 0 radical (unpaired) electrons. The molecule has 1 atom stereocenters. The third-order valence-corrected chi connectivity index (χ3v) is 2.86. The maximum Gasteiger partial charge on any atom is 0.239 e. The number of carbonyl (C=O) groups is 1. The van der Waals surface area contributed by atoms with E-state index in [2.05, 4.69) is 24.4 Å². The molecule has 3 nitrogen and oxygen atoms in total. The number of nitrogens with one attached hydrogen (secondary N) is 1. The van der Waals surface area contributed by atoms with E-state index in [1.54, 1.807) is 13.8 Å². The first-order valence-corrected chi connectivity index (χ1v) is 6.07. The molecule has 0 fully saturated rings. The second kappa shape index (κ2) is 5.82. The molecule has 0 saturated carbocycles. The zero-order valence-corrected chi connectivity index (χ0v) is 10.9. The standard InChI is InChI=1S/C14H22N2O/c1-4-11(12-8-6-5-7-9-12)10-16-13(17)14(2,3)15/h5-9,11H,4,10,15H2,1-3H3,(H,16,17). The van der Waals surface area contributed by atoms with Crippen molar-refractivity contribution in [3.05, 3.63) is 35.9 Å². The van der Waals surface area contributed by atoms with Gasteiger partial charge in [-0.1, -0.05) is 37.3 Å². The normalized spacial score (nSPS) is 13.2. The summed E-state index contributed by atoms with van der Waals surface area (Å²) >= 11 is 0. The van der Waals surface area contributed by atoms with E-state index in [0.29, 0.717) is 12.5 Å². The Labute approximate surface area is 103 Å². The van der Waals surface area contributed by atoms with Gasteiger partial charge in [-0.25, -0.2) is 0 Å². The fourth-order valence-corrected chi connectivity index (χ4v) is 1.67. The molecule has 1 amide bonds. The highest BCUT2D eigenvalue weighted by molar-refractivity contribution is 5.85. The number of benzene rings is 1. The van der Waals surface area contributed by atoms with Crippen molar-refractivity contribution in [2.24, 2.45) is 5.73 Å². The lowest BCUT2D eigenvalue weighted by molar-refractivity contribution is -0.125. The van der Waals surface area contributed by atoms with Gasteiger partial charge in [0.15, 0.2) is 0 Å². The van der Waals surface area contributed by atoms with Gasteiger partial charge in [-0.3, -0.25) is 4.79 Å². The summed E-state index contributed by atoms with van der Waals surface area (Å²) in [5, 5.41) is 2.91.